The van der Waals surface area contributed by atoms with Gasteiger partial charge in [-0.3, -0.25) is 9.48 Å². The van der Waals surface area contributed by atoms with Gasteiger partial charge in [-0.25, -0.2) is 0 Å². The normalized spacial score (nSPS) is 9.43. The molecule has 0 unspecified atom stereocenters. The number of carbonyl (C=O) groups is 1. The average Bonchev–Trinajstić information content (AvgIpc) is 2.56. The Kier molecular flexibility index (Phi) is 3.13. The van der Waals surface area contributed by atoms with Gasteiger partial charge in [-0.05, 0) is 6.92 Å². The van der Waals surface area contributed by atoms with E-state index in [-0.39, 0.29) is 12.5 Å². The summed E-state index contributed by atoms with van der Waals surface area (Å²) in [6.45, 7) is 2.66. The zero-order chi connectivity index (χ0) is 10.6. The number of nitrogens with zero attached hydrogens (tertiary/aromatic N) is 2. The van der Waals surface area contributed by atoms with E-state index in [4.69, 9.17) is 12.2 Å². The highest BCUT2D eigenvalue weighted by Crippen LogP contribution is 2.09. The van der Waals surface area contributed by atoms with E-state index in [0.29, 0.717) is 17.9 Å². The van der Waals surface area contributed by atoms with Crippen LogP contribution in [-0.2, 0) is 6.54 Å². The van der Waals surface area contributed by atoms with Crippen LogP contribution in [0, 0.1) is 12.3 Å². The number of nitrogens with one attached hydrogen (secondary N) is 1. The first-order valence-corrected chi connectivity index (χ1v) is 4.23. The fourth-order valence-corrected chi connectivity index (χ4v) is 1.10. The maximum absolute atomic E-state index is 11.5. The number of nitrogen functional groups attached to an aromatic ring is 1. The van der Waals surface area contributed by atoms with Crippen LogP contribution in [0.5, 0.6) is 0 Å². The van der Waals surface area contributed by atoms with Crippen LogP contribution >= 0.6 is 0 Å². The number of rotatable bonds is 3. The Bertz CT molecular complexity index is 375. The van der Waals surface area contributed by atoms with Crippen LogP contribution in [0.2, 0.25) is 0 Å². The van der Waals surface area contributed by atoms with Gasteiger partial charge in [0.1, 0.15) is 5.69 Å². The first kappa shape index (κ1) is 10.1. The minimum atomic E-state index is -0.292. The molecule has 0 aromatic carbocycles. The molecule has 0 aliphatic carbocycles. The molecular formula is C9H12N4O. The van der Waals surface area contributed by atoms with Gasteiger partial charge in [0.15, 0.2) is 0 Å². The molecule has 14 heavy (non-hydrogen) atoms. The van der Waals surface area contributed by atoms with Crippen molar-refractivity contribution in [3.05, 3.63) is 11.9 Å². The molecule has 0 atom stereocenters. The predicted octanol–water partition coefficient (Wildman–Crippen LogP) is -0.152. The topological polar surface area (TPSA) is 72.9 Å². The molecule has 1 aromatic heterocycles. The lowest BCUT2D eigenvalue weighted by Gasteiger charge is -2.04. The SMILES string of the molecule is C#CCNC(=O)c1c(N)cnn1CC. The second kappa shape index (κ2) is 4.33. The number of carbonyl (C=O) groups excluding carboxylic acids is 1. The van der Waals surface area contributed by atoms with E-state index in [1.807, 2.05) is 6.92 Å². The molecule has 5 nitrogen and oxygen atoms in total. The quantitative estimate of drug-likeness (QED) is 0.654. The Balaban J connectivity index is 2.88. The summed E-state index contributed by atoms with van der Waals surface area (Å²) >= 11 is 0. The maximum atomic E-state index is 11.5. The number of aromatic nitrogens is 2. The van der Waals surface area contributed by atoms with Gasteiger partial charge in [0.2, 0.25) is 0 Å². The van der Waals surface area contributed by atoms with Crippen LogP contribution < -0.4 is 11.1 Å². The van der Waals surface area contributed by atoms with Crippen molar-refractivity contribution in [3.63, 3.8) is 0 Å². The third-order valence-corrected chi connectivity index (χ3v) is 1.73. The van der Waals surface area contributed by atoms with Crippen molar-refractivity contribution in [2.45, 2.75) is 13.5 Å². The van der Waals surface area contributed by atoms with E-state index in [0.717, 1.165) is 0 Å². The predicted molar refractivity (Wildman–Crippen MR) is 53.5 cm³/mol. The minimum Gasteiger partial charge on any atom is -0.396 e. The van der Waals surface area contributed by atoms with Gasteiger partial charge < -0.3 is 11.1 Å². The molecular weight excluding hydrogens is 180 g/mol. The Morgan fingerprint density at radius 3 is 3.14 bits per heavy atom. The molecule has 0 radical (unpaired) electrons. The van der Waals surface area contributed by atoms with Crippen LogP contribution in [0.25, 0.3) is 0 Å². The third-order valence-electron chi connectivity index (χ3n) is 1.73. The zero-order valence-corrected chi connectivity index (χ0v) is 7.95. The summed E-state index contributed by atoms with van der Waals surface area (Å²) in [5, 5.41) is 6.48. The second-order valence-electron chi connectivity index (χ2n) is 2.65. The largest absolute Gasteiger partial charge is 0.396 e. The highest BCUT2D eigenvalue weighted by atomic mass is 16.2. The van der Waals surface area contributed by atoms with E-state index >= 15 is 0 Å². The van der Waals surface area contributed by atoms with E-state index in [2.05, 4.69) is 16.3 Å². The van der Waals surface area contributed by atoms with Gasteiger partial charge >= 0.3 is 0 Å². The molecule has 0 saturated heterocycles. The Labute approximate surface area is 82.3 Å². The monoisotopic (exact) mass is 192 g/mol. The summed E-state index contributed by atoms with van der Waals surface area (Å²) in [7, 11) is 0. The van der Waals surface area contributed by atoms with E-state index in [1.54, 1.807) is 0 Å². The van der Waals surface area contributed by atoms with Crippen LogP contribution in [0.1, 0.15) is 17.4 Å². The number of hydrogen-bond acceptors (Lipinski definition) is 3. The molecule has 0 spiro atoms. The molecule has 0 aliphatic rings. The number of amides is 1. The summed E-state index contributed by atoms with van der Waals surface area (Å²) < 4.78 is 1.53. The second-order valence-corrected chi connectivity index (χ2v) is 2.65. The molecule has 0 fully saturated rings. The van der Waals surface area contributed by atoms with Crippen molar-refractivity contribution >= 4 is 11.6 Å². The molecule has 0 saturated carbocycles. The number of nitrogens with two attached hydrogens (primary N) is 1. The lowest BCUT2D eigenvalue weighted by molar-refractivity contribution is 0.0949. The Morgan fingerprint density at radius 2 is 2.57 bits per heavy atom. The van der Waals surface area contributed by atoms with Crippen molar-refractivity contribution in [2.24, 2.45) is 0 Å². The van der Waals surface area contributed by atoms with E-state index < -0.39 is 0 Å². The van der Waals surface area contributed by atoms with Crippen molar-refractivity contribution in [1.29, 1.82) is 0 Å². The smallest absolute Gasteiger partial charge is 0.272 e. The molecule has 0 aliphatic heterocycles. The highest BCUT2D eigenvalue weighted by Gasteiger charge is 2.14. The molecule has 74 valence electrons. The number of anilines is 1. The van der Waals surface area contributed by atoms with Gasteiger partial charge in [0.05, 0.1) is 18.4 Å². The summed E-state index contributed by atoms with van der Waals surface area (Å²) in [5.41, 5.74) is 6.32. The van der Waals surface area contributed by atoms with Gasteiger partial charge in [-0.2, -0.15) is 5.10 Å². The first-order valence-electron chi connectivity index (χ1n) is 4.23. The molecule has 1 aromatic rings. The molecule has 1 rings (SSSR count). The number of aryl methyl sites for hydroxylation is 1. The van der Waals surface area contributed by atoms with Crippen molar-refractivity contribution < 1.29 is 4.79 Å². The first-order chi connectivity index (χ1) is 6.70. The molecule has 5 heteroatoms. The molecule has 1 heterocycles. The van der Waals surface area contributed by atoms with E-state index in [1.165, 1.54) is 10.9 Å². The van der Waals surface area contributed by atoms with Gasteiger partial charge in [-0.15, -0.1) is 6.42 Å². The van der Waals surface area contributed by atoms with E-state index in [9.17, 15) is 4.79 Å². The Morgan fingerprint density at radius 1 is 1.86 bits per heavy atom. The highest BCUT2D eigenvalue weighted by molar-refractivity contribution is 5.97. The van der Waals surface area contributed by atoms with Gasteiger partial charge in [0.25, 0.3) is 5.91 Å². The number of terminal acetylenes is 1. The van der Waals surface area contributed by atoms with Crippen molar-refractivity contribution in [1.82, 2.24) is 15.1 Å². The third kappa shape index (κ3) is 1.85. The fourth-order valence-electron chi connectivity index (χ4n) is 1.10. The summed E-state index contributed by atoms with van der Waals surface area (Å²) in [6.07, 6.45) is 6.47. The molecule has 1 amide bonds. The van der Waals surface area contributed by atoms with Gasteiger partial charge in [0, 0.05) is 6.54 Å². The Hall–Kier alpha value is -1.96. The van der Waals surface area contributed by atoms with Gasteiger partial charge in [-0.1, -0.05) is 5.92 Å². The van der Waals surface area contributed by atoms with Crippen LogP contribution in [-0.4, -0.2) is 22.2 Å². The lowest BCUT2D eigenvalue weighted by Crippen LogP contribution is -2.27. The van der Waals surface area contributed by atoms with Crippen molar-refractivity contribution in [2.75, 3.05) is 12.3 Å². The average molecular weight is 192 g/mol. The van der Waals surface area contributed by atoms with Crippen LogP contribution in [0.15, 0.2) is 6.20 Å². The molecule has 3 N–H and O–H groups in total. The zero-order valence-electron chi connectivity index (χ0n) is 7.95. The summed E-state index contributed by atoms with van der Waals surface area (Å²) in [5.74, 6) is 2.02. The van der Waals surface area contributed by atoms with Crippen LogP contribution in [0.3, 0.4) is 0 Å². The minimum absolute atomic E-state index is 0.188. The standard InChI is InChI=1S/C9H12N4O/c1-3-5-11-9(14)8-7(10)6-12-13(8)4-2/h1,6H,4-5,10H2,2H3,(H,11,14). The number of hydrogen-bond donors (Lipinski definition) is 2. The summed E-state index contributed by atoms with van der Waals surface area (Å²) in [6, 6.07) is 0. The van der Waals surface area contributed by atoms with Crippen LogP contribution in [0.4, 0.5) is 5.69 Å². The maximum Gasteiger partial charge on any atom is 0.272 e. The summed E-state index contributed by atoms with van der Waals surface area (Å²) in [4.78, 5) is 11.5. The molecule has 0 bridgehead atoms. The fraction of sp³-hybridized carbons (Fsp3) is 0.333. The lowest BCUT2D eigenvalue weighted by atomic mass is 10.3. The van der Waals surface area contributed by atoms with Crippen molar-refractivity contribution in [3.8, 4) is 12.3 Å².